The van der Waals surface area contributed by atoms with E-state index in [1.165, 1.54) is 0 Å². The maximum Gasteiger partial charge on any atom is 0.258 e. The van der Waals surface area contributed by atoms with E-state index in [1.54, 1.807) is 54.9 Å². The zero-order valence-corrected chi connectivity index (χ0v) is 21.2. The van der Waals surface area contributed by atoms with E-state index in [0.717, 1.165) is 5.69 Å². The molecule has 2 aliphatic rings. The van der Waals surface area contributed by atoms with E-state index in [1.807, 2.05) is 13.8 Å². The summed E-state index contributed by atoms with van der Waals surface area (Å²) in [6, 6.07) is 3.58. The smallest absolute Gasteiger partial charge is 0.258 e. The van der Waals surface area contributed by atoms with E-state index in [-0.39, 0.29) is 22.7 Å². The summed E-state index contributed by atoms with van der Waals surface area (Å²) in [4.78, 5) is 22.3. The van der Waals surface area contributed by atoms with Gasteiger partial charge in [0.15, 0.2) is 3.54 Å². The molecule has 0 bridgehead atoms. The van der Waals surface area contributed by atoms with Crippen LogP contribution in [0.15, 0.2) is 76.9 Å². The lowest BCUT2D eigenvalue weighted by Crippen LogP contribution is -2.29. The molecular weight excluding hydrogens is 487 g/mol. The van der Waals surface area contributed by atoms with Crippen molar-refractivity contribution in [1.82, 2.24) is 20.9 Å². The summed E-state index contributed by atoms with van der Waals surface area (Å²) in [5.74, 6) is 0.109. The Morgan fingerprint density at radius 2 is 1.85 bits per heavy atom. The summed E-state index contributed by atoms with van der Waals surface area (Å²) in [5.41, 5.74) is 3.11. The van der Waals surface area contributed by atoms with Crippen LogP contribution in [0.3, 0.4) is 0 Å². The Morgan fingerprint density at radius 1 is 1.12 bits per heavy atom. The molecule has 1 aliphatic carbocycles. The van der Waals surface area contributed by atoms with Crippen molar-refractivity contribution in [3.63, 3.8) is 0 Å². The Labute approximate surface area is 214 Å². The van der Waals surface area contributed by atoms with Gasteiger partial charge in [0.2, 0.25) is 0 Å². The van der Waals surface area contributed by atoms with Gasteiger partial charge in [0.05, 0.1) is 17.0 Å². The highest BCUT2D eigenvalue weighted by atomic mass is 32.2. The molecule has 8 nitrogen and oxygen atoms in total. The minimum absolute atomic E-state index is 0.111. The van der Waals surface area contributed by atoms with Gasteiger partial charge in [-0.05, 0) is 50.3 Å². The SMILES string of the molecule is CCNC1=N/C(=C(/C(=O)NC2=C/C(=C/NC(S)(S)S)C(=N)C=C2)c2ccc(C)nc2)C(=N)C=C1. The van der Waals surface area contributed by atoms with Gasteiger partial charge >= 0.3 is 0 Å². The molecule has 0 spiro atoms. The van der Waals surface area contributed by atoms with Crippen molar-refractivity contribution < 1.29 is 4.79 Å². The summed E-state index contributed by atoms with van der Waals surface area (Å²) in [6.45, 7) is 4.44. The second-order valence-electron chi connectivity index (χ2n) is 7.37. The Balaban J connectivity index is 2.01. The summed E-state index contributed by atoms with van der Waals surface area (Å²) < 4.78 is -1.07. The maximum atomic E-state index is 13.5. The Hall–Kier alpha value is -3.02. The monoisotopic (exact) mass is 511 g/mol. The number of carbonyl (C=O) groups excluding carboxylic acids is 1. The van der Waals surface area contributed by atoms with Gasteiger partial charge in [-0.3, -0.25) is 15.2 Å². The van der Waals surface area contributed by atoms with Crippen LogP contribution in [0.4, 0.5) is 0 Å². The van der Waals surface area contributed by atoms with Crippen LogP contribution in [0.1, 0.15) is 18.2 Å². The number of nitrogens with one attached hydrogen (secondary N) is 5. The molecule has 11 heteroatoms. The van der Waals surface area contributed by atoms with Gasteiger partial charge in [-0.25, -0.2) is 4.99 Å². The second kappa shape index (κ2) is 10.9. The second-order valence-corrected chi connectivity index (χ2v) is 10.4. The van der Waals surface area contributed by atoms with E-state index >= 15 is 0 Å². The van der Waals surface area contributed by atoms with Gasteiger partial charge in [-0.15, -0.1) is 37.9 Å². The topological polar surface area (TPSA) is 126 Å². The number of aryl methyl sites for hydroxylation is 1. The van der Waals surface area contributed by atoms with Gasteiger partial charge < -0.3 is 21.4 Å². The van der Waals surface area contributed by atoms with Crippen molar-refractivity contribution in [3.8, 4) is 0 Å². The molecule has 1 aromatic heterocycles. The fraction of sp³-hybridized carbons (Fsp3) is 0.174. The Bertz CT molecular complexity index is 1200. The number of rotatable bonds is 6. The van der Waals surface area contributed by atoms with Crippen molar-refractivity contribution in [2.45, 2.75) is 17.4 Å². The molecular formula is C23H25N7OS3. The minimum atomic E-state index is -1.07. The van der Waals surface area contributed by atoms with Crippen molar-refractivity contribution in [1.29, 1.82) is 10.8 Å². The zero-order chi connectivity index (χ0) is 24.9. The summed E-state index contributed by atoms with van der Waals surface area (Å²) in [6.07, 6.45) is 11.3. The van der Waals surface area contributed by atoms with Crippen LogP contribution >= 0.6 is 37.9 Å². The van der Waals surface area contributed by atoms with E-state index in [4.69, 9.17) is 10.8 Å². The average Bonchev–Trinajstić information content (AvgIpc) is 2.77. The summed E-state index contributed by atoms with van der Waals surface area (Å²) >= 11 is 12.5. The van der Waals surface area contributed by atoms with E-state index < -0.39 is 9.44 Å². The number of carbonyl (C=O) groups is 1. The first-order valence-electron chi connectivity index (χ1n) is 10.3. The van der Waals surface area contributed by atoms with Crippen LogP contribution in [0, 0.1) is 17.7 Å². The molecule has 1 aromatic rings. The first-order chi connectivity index (χ1) is 16.1. The molecule has 176 valence electrons. The largest absolute Gasteiger partial charge is 0.370 e. The lowest BCUT2D eigenvalue weighted by Gasteiger charge is -2.19. The van der Waals surface area contributed by atoms with Gasteiger partial charge in [0.1, 0.15) is 11.5 Å². The van der Waals surface area contributed by atoms with Crippen molar-refractivity contribution >= 4 is 66.6 Å². The first kappa shape index (κ1) is 25.6. The number of aromatic nitrogens is 1. The number of aliphatic imine (C=N–C) groups is 1. The van der Waals surface area contributed by atoms with E-state index in [0.29, 0.717) is 29.2 Å². The van der Waals surface area contributed by atoms with E-state index in [9.17, 15) is 4.79 Å². The third-order valence-corrected chi connectivity index (χ3v) is 5.04. The van der Waals surface area contributed by atoms with Crippen molar-refractivity contribution in [3.05, 3.63) is 83.1 Å². The number of pyridine rings is 1. The molecule has 0 radical (unpaired) electrons. The highest BCUT2D eigenvalue weighted by Crippen LogP contribution is 2.25. The molecule has 34 heavy (non-hydrogen) atoms. The molecule has 3 rings (SSSR count). The van der Waals surface area contributed by atoms with Crippen molar-refractivity contribution in [2.75, 3.05) is 6.54 Å². The van der Waals surface area contributed by atoms with Crippen LogP contribution < -0.4 is 16.0 Å². The first-order valence-corrected chi connectivity index (χ1v) is 11.6. The normalized spacial score (nSPS) is 18.4. The lowest BCUT2D eigenvalue weighted by atomic mass is 9.99. The fourth-order valence-electron chi connectivity index (χ4n) is 3.05. The number of nitrogens with zero attached hydrogens (tertiary/aromatic N) is 2. The van der Waals surface area contributed by atoms with Crippen LogP contribution in [-0.4, -0.2) is 38.2 Å². The van der Waals surface area contributed by atoms with E-state index in [2.05, 4.69) is 63.8 Å². The number of thiol groups is 3. The predicted octanol–water partition coefficient (Wildman–Crippen LogP) is 3.16. The third kappa shape index (κ3) is 6.75. The van der Waals surface area contributed by atoms with Crippen LogP contribution in [0.5, 0.6) is 0 Å². The number of hydrogen-bond donors (Lipinski definition) is 8. The minimum Gasteiger partial charge on any atom is -0.370 e. The quantitative estimate of drug-likeness (QED) is 0.170. The molecule has 0 unspecified atom stereocenters. The third-order valence-electron chi connectivity index (χ3n) is 4.65. The standard InChI is InChI=1S/C23H25N7OS3/c1-3-26-19-9-8-18(25)21(30-19)20(14-5-4-13(2)27-11-14)22(31)29-16-6-7-17(24)15(10-16)12-28-23(32,33)34/h4-12,24-25,28,32-34H,3H2,1-2H3,(H,26,30)(H,29,31)/b15-12-,21-20+,24-17?,25-18?. The van der Waals surface area contributed by atoms with Crippen LogP contribution in [0.2, 0.25) is 0 Å². The molecule has 1 aliphatic heterocycles. The molecule has 5 N–H and O–H groups in total. The van der Waals surface area contributed by atoms with Gasteiger partial charge in [0.25, 0.3) is 5.91 Å². The Morgan fingerprint density at radius 3 is 2.50 bits per heavy atom. The lowest BCUT2D eigenvalue weighted by molar-refractivity contribution is -0.114. The number of dihydropyridines is 1. The highest BCUT2D eigenvalue weighted by molar-refractivity contribution is 8.16. The fourth-order valence-corrected chi connectivity index (χ4v) is 3.24. The number of hydrogen-bond acceptors (Lipinski definition) is 10. The number of amidine groups is 1. The maximum absolute atomic E-state index is 13.5. The predicted molar refractivity (Wildman–Crippen MR) is 148 cm³/mol. The number of likely N-dealkylation sites (N-methyl/N-ethyl adjacent to an activating group) is 1. The van der Waals surface area contributed by atoms with Gasteiger partial charge in [0, 0.05) is 41.5 Å². The molecule has 1 amide bonds. The molecule has 0 saturated carbocycles. The number of allylic oxidation sites excluding steroid dienone is 5. The van der Waals surface area contributed by atoms with Crippen LogP contribution in [0.25, 0.3) is 5.57 Å². The van der Waals surface area contributed by atoms with Crippen LogP contribution in [-0.2, 0) is 4.79 Å². The number of amides is 1. The molecule has 0 aromatic carbocycles. The Kier molecular flexibility index (Phi) is 8.24. The average molecular weight is 512 g/mol. The molecule has 2 heterocycles. The summed E-state index contributed by atoms with van der Waals surface area (Å²) in [7, 11) is 0. The van der Waals surface area contributed by atoms with Gasteiger partial charge in [-0.1, -0.05) is 6.07 Å². The molecule has 0 saturated heterocycles. The summed E-state index contributed by atoms with van der Waals surface area (Å²) in [5, 5.41) is 25.3. The highest BCUT2D eigenvalue weighted by Gasteiger charge is 2.23. The molecule has 0 atom stereocenters. The zero-order valence-electron chi connectivity index (χ0n) is 18.5. The van der Waals surface area contributed by atoms with Crippen molar-refractivity contribution in [2.24, 2.45) is 4.99 Å². The molecule has 0 fully saturated rings. The van der Waals surface area contributed by atoms with Gasteiger partial charge in [-0.2, -0.15) is 0 Å².